The number of aryl methyl sites for hydroxylation is 1. The van der Waals surface area contributed by atoms with Crippen LogP contribution < -0.4 is 9.46 Å². The third kappa shape index (κ3) is 3.10. The van der Waals surface area contributed by atoms with E-state index in [1.54, 1.807) is 12.1 Å². The Morgan fingerprint density at radius 2 is 2.00 bits per heavy atom. The second-order valence-corrected chi connectivity index (χ2v) is 7.46. The lowest BCUT2D eigenvalue weighted by Gasteiger charge is -2.24. The molecule has 0 saturated carbocycles. The van der Waals surface area contributed by atoms with Crippen molar-refractivity contribution in [2.75, 3.05) is 13.7 Å². The predicted molar refractivity (Wildman–Crippen MR) is 86.8 cm³/mol. The van der Waals surface area contributed by atoms with E-state index in [1.165, 1.54) is 19.2 Å². The van der Waals surface area contributed by atoms with Gasteiger partial charge in [-0.3, -0.25) is 0 Å². The number of methoxy groups -OCH3 is 1. The molecule has 1 unspecified atom stereocenters. The SMILES string of the molecule is COc1cccc(S(=O)(=O)NCC2(O)CCc3ccccc32)c1. The van der Waals surface area contributed by atoms with Crippen molar-refractivity contribution in [1.82, 2.24) is 4.72 Å². The van der Waals surface area contributed by atoms with Gasteiger partial charge in [-0.15, -0.1) is 0 Å². The lowest BCUT2D eigenvalue weighted by atomic mass is 9.96. The van der Waals surface area contributed by atoms with Crippen molar-refractivity contribution in [3.05, 3.63) is 59.7 Å². The average Bonchev–Trinajstić information content (AvgIpc) is 2.91. The van der Waals surface area contributed by atoms with Crippen molar-refractivity contribution < 1.29 is 18.3 Å². The minimum atomic E-state index is -3.71. The Balaban J connectivity index is 1.80. The summed E-state index contributed by atoms with van der Waals surface area (Å²) in [5.74, 6) is 0.470. The number of hydrogen-bond acceptors (Lipinski definition) is 4. The minimum Gasteiger partial charge on any atom is -0.497 e. The number of nitrogens with one attached hydrogen (secondary N) is 1. The molecule has 0 aliphatic heterocycles. The van der Waals surface area contributed by atoms with Gasteiger partial charge in [-0.25, -0.2) is 13.1 Å². The molecule has 1 aliphatic rings. The van der Waals surface area contributed by atoms with Gasteiger partial charge in [0.05, 0.1) is 12.0 Å². The zero-order valence-corrected chi connectivity index (χ0v) is 13.6. The van der Waals surface area contributed by atoms with Crippen LogP contribution in [0.3, 0.4) is 0 Å². The third-order valence-electron chi connectivity index (χ3n) is 4.23. The van der Waals surface area contributed by atoms with E-state index in [1.807, 2.05) is 24.3 Å². The summed E-state index contributed by atoms with van der Waals surface area (Å²) in [5, 5.41) is 10.8. The number of sulfonamides is 1. The van der Waals surface area contributed by atoms with E-state index in [0.717, 1.165) is 17.5 Å². The maximum Gasteiger partial charge on any atom is 0.240 e. The number of ether oxygens (including phenoxy) is 1. The van der Waals surface area contributed by atoms with E-state index in [2.05, 4.69) is 4.72 Å². The molecule has 1 atom stereocenters. The fraction of sp³-hybridized carbons (Fsp3) is 0.294. The third-order valence-corrected chi connectivity index (χ3v) is 5.63. The molecule has 6 heteroatoms. The van der Waals surface area contributed by atoms with E-state index >= 15 is 0 Å². The molecule has 0 heterocycles. The van der Waals surface area contributed by atoms with Crippen LogP contribution in [0, 0.1) is 0 Å². The molecule has 0 spiro atoms. The Bertz CT molecular complexity index is 819. The second-order valence-electron chi connectivity index (χ2n) is 5.69. The van der Waals surface area contributed by atoms with Crippen LogP contribution in [0.4, 0.5) is 0 Å². The summed E-state index contributed by atoms with van der Waals surface area (Å²) in [6.07, 6.45) is 1.25. The van der Waals surface area contributed by atoms with Gasteiger partial charge >= 0.3 is 0 Å². The quantitative estimate of drug-likeness (QED) is 0.875. The first-order valence-electron chi connectivity index (χ1n) is 7.39. The van der Waals surface area contributed by atoms with Gasteiger partial charge in [-0.1, -0.05) is 30.3 Å². The van der Waals surface area contributed by atoms with Gasteiger partial charge in [0.2, 0.25) is 10.0 Å². The highest BCUT2D eigenvalue weighted by molar-refractivity contribution is 7.89. The molecule has 2 aromatic carbocycles. The van der Waals surface area contributed by atoms with Crippen molar-refractivity contribution in [1.29, 1.82) is 0 Å². The molecule has 0 fully saturated rings. The van der Waals surface area contributed by atoms with Gasteiger partial charge in [0.1, 0.15) is 11.4 Å². The standard InChI is InChI=1S/C17H19NO4S/c1-22-14-6-4-7-15(11-14)23(20,21)18-12-17(19)10-9-13-5-2-3-8-16(13)17/h2-8,11,18-19H,9-10,12H2,1H3. The van der Waals surface area contributed by atoms with Crippen molar-refractivity contribution in [2.24, 2.45) is 0 Å². The Labute approximate surface area is 136 Å². The minimum absolute atomic E-state index is 0.0520. The summed E-state index contributed by atoms with van der Waals surface area (Å²) in [5.41, 5.74) is 0.701. The highest BCUT2D eigenvalue weighted by Gasteiger charge is 2.37. The van der Waals surface area contributed by atoms with Crippen molar-refractivity contribution in [3.63, 3.8) is 0 Å². The summed E-state index contributed by atoms with van der Waals surface area (Å²) in [6, 6.07) is 13.8. The molecule has 1 aliphatic carbocycles. The smallest absolute Gasteiger partial charge is 0.240 e. The molecule has 23 heavy (non-hydrogen) atoms. The molecular weight excluding hydrogens is 314 g/mol. The monoisotopic (exact) mass is 333 g/mol. The van der Waals surface area contributed by atoms with Gasteiger partial charge < -0.3 is 9.84 Å². The second kappa shape index (κ2) is 5.96. The predicted octanol–water partition coefficient (Wildman–Crippen LogP) is 1.81. The molecule has 2 aromatic rings. The first kappa shape index (κ1) is 16.0. The van der Waals surface area contributed by atoms with Gasteiger partial charge in [0, 0.05) is 12.6 Å². The molecular formula is C17H19NO4S. The van der Waals surface area contributed by atoms with Crippen LogP contribution in [0.1, 0.15) is 17.5 Å². The molecule has 5 nitrogen and oxygen atoms in total. The average molecular weight is 333 g/mol. The van der Waals surface area contributed by atoms with E-state index in [4.69, 9.17) is 4.74 Å². The Morgan fingerprint density at radius 1 is 1.22 bits per heavy atom. The molecule has 122 valence electrons. The molecule has 0 saturated heterocycles. The highest BCUT2D eigenvalue weighted by atomic mass is 32.2. The van der Waals surface area contributed by atoms with Crippen LogP contribution in [0.15, 0.2) is 53.4 Å². The van der Waals surface area contributed by atoms with Crippen LogP contribution in [0.5, 0.6) is 5.75 Å². The summed E-state index contributed by atoms with van der Waals surface area (Å²) >= 11 is 0. The molecule has 0 radical (unpaired) electrons. The normalized spacial score (nSPS) is 20.3. The first-order valence-corrected chi connectivity index (χ1v) is 8.87. The summed E-state index contributed by atoms with van der Waals surface area (Å²) in [7, 11) is -2.23. The summed E-state index contributed by atoms with van der Waals surface area (Å²) in [4.78, 5) is 0.117. The topological polar surface area (TPSA) is 75.6 Å². The largest absolute Gasteiger partial charge is 0.497 e. The lowest BCUT2D eigenvalue weighted by Crippen LogP contribution is -2.39. The van der Waals surface area contributed by atoms with Crippen LogP contribution in [-0.4, -0.2) is 27.2 Å². The number of aliphatic hydroxyl groups is 1. The first-order chi connectivity index (χ1) is 10.9. The van der Waals surface area contributed by atoms with Crippen LogP contribution >= 0.6 is 0 Å². The number of fused-ring (bicyclic) bond motifs is 1. The van der Waals surface area contributed by atoms with Gasteiger partial charge in [-0.05, 0) is 36.1 Å². The van der Waals surface area contributed by atoms with Crippen LogP contribution in [0.25, 0.3) is 0 Å². The number of rotatable bonds is 5. The van der Waals surface area contributed by atoms with E-state index < -0.39 is 15.6 Å². The Kier molecular flexibility index (Phi) is 4.14. The fourth-order valence-corrected chi connectivity index (χ4v) is 4.04. The van der Waals surface area contributed by atoms with Crippen molar-refractivity contribution in [3.8, 4) is 5.75 Å². The molecule has 0 bridgehead atoms. The van der Waals surface area contributed by atoms with E-state index in [9.17, 15) is 13.5 Å². The zero-order chi connectivity index (χ0) is 16.5. The van der Waals surface area contributed by atoms with Crippen LogP contribution in [0.2, 0.25) is 0 Å². The van der Waals surface area contributed by atoms with E-state index in [-0.39, 0.29) is 11.4 Å². The van der Waals surface area contributed by atoms with Gasteiger partial charge in [-0.2, -0.15) is 0 Å². The molecule has 2 N–H and O–H groups in total. The van der Waals surface area contributed by atoms with Crippen molar-refractivity contribution >= 4 is 10.0 Å². The molecule has 3 rings (SSSR count). The van der Waals surface area contributed by atoms with Gasteiger partial charge in [0.25, 0.3) is 0 Å². The lowest BCUT2D eigenvalue weighted by molar-refractivity contribution is 0.0442. The maximum absolute atomic E-state index is 12.4. The summed E-state index contributed by atoms with van der Waals surface area (Å²) in [6.45, 7) is -0.0520. The maximum atomic E-state index is 12.4. The number of hydrogen-bond donors (Lipinski definition) is 2. The number of benzene rings is 2. The zero-order valence-electron chi connectivity index (χ0n) is 12.8. The van der Waals surface area contributed by atoms with Crippen molar-refractivity contribution in [2.45, 2.75) is 23.3 Å². The Morgan fingerprint density at radius 3 is 2.78 bits per heavy atom. The Hall–Kier alpha value is -1.89. The summed E-state index contributed by atoms with van der Waals surface area (Å²) < 4.78 is 32.4. The van der Waals surface area contributed by atoms with Gasteiger partial charge in [0.15, 0.2) is 0 Å². The molecule has 0 aromatic heterocycles. The van der Waals surface area contributed by atoms with E-state index in [0.29, 0.717) is 12.2 Å². The fourth-order valence-electron chi connectivity index (χ4n) is 2.92. The molecule has 0 amide bonds. The highest BCUT2D eigenvalue weighted by Crippen LogP contribution is 2.36. The van der Waals surface area contributed by atoms with Crippen LogP contribution in [-0.2, 0) is 22.0 Å².